The third-order valence-electron chi connectivity index (χ3n) is 4.41. The molecule has 1 aliphatic rings. The van der Waals surface area contributed by atoms with Gasteiger partial charge >= 0.3 is 6.18 Å². The Morgan fingerprint density at radius 2 is 2.11 bits per heavy atom. The highest BCUT2D eigenvalue weighted by molar-refractivity contribution is 6.03. The standard InChI is InChI=1S/C18H15F3N4O3/c19-18(20,21)15-8-12(14-5-2-6-28-14)23-16-9-13(24-25(15)16)17(27)22-10-3-1-4-11(26)7-10/h1-7,9,12,15,23,26H,8H2,(H,22,27). The number of hydrogen-bond donors (Lipinski definition) is 3. The van der Waals surface area contributed by atoms with Crippen molar-refractivity contribution in [1.29, 1.82) is 0 Å². The number of aromatic nitrogens is 2. The Balaban J connectivity index is 1.64. The van der Waals surface area contributed by atoms with Crippen LogP contribution in [0.5, 0.6) is 5.75 Å². The second kappa shape index (κ2) is 6.63. The average Bonchev–Trinajstić information content (AvgIpc) is 3.29. The Morgan fingerprint density at radius 1 is 1.29 bits per heavy atom. The van der Waals surface area contributed by atoms with Gasteiger partial charge in [-0.2, -0.15) is 18.3 Å². The molecule has 0 bridgehead atoms. The van der Waals surface area contributed by atoms with Crippen LogP contribution in [0.3, 0.4) is 0 Å². The predicted molar refractivity (Wildman–Crippen MR) is 93.1 cm³/mol. The van der Waals surface area contributed by atoms with Crippen LogP contribution in [0, 0.1) is 0 Å². The van der Waals surface area contributed by atoms with Gasteiger partial charge in [-0.05, 0) is 24.3 Å². The number of hydrogen-bond acceptors (Lipinski definition) is 5. The van der Waals surface area contributed by atoms with Gasteiger partial charge in [0.1, 0.15) is 17.3 Å². The zero-order valence-corrected chi connectivity index (χ0v) is 14.3. The first-order chi connectivity index (χ1) is 13.3. The van der Waals surface area contributed by atoms with Gasteiger partial charge in [0.25, 0.3) is 5.91 Å². The molecule has 28 heavy (non-hydrogen) atoms. The molecule has 7 nitrogen and oxygen atoms in total. The molecule has 0 spiro atoms. The number of halogens is 3. The van der Waals surface area contributed by atoms with Crippen LogP contribution in [0.4, 0.5) is 24.7 Å². The van der Waals surface area contributed by atoms with Gasteiger partial charge in [0.15, 0.2) is 11.7 Å². The molecule has 4 rings (SSSR count). The maximum atomic E-state index is 13.6. The van der Waals surface area contributed by atoms with Crippen molar-refractivity contribution >= 4 is 17.4 Å². The van der Waals surface area contributed by atoms with Crippen molar-refractivity contribution in [2.75, 3.05) is 10.6 Å². The first kappa shape index (κ1) is 18.0. The number of anilines is 2. The normalized spacial score (nSPS) is 19.0. The SMILES string of the molecule is O=C(Nc1cccc(O)c1)c1cc2n(n1)C(C(F)(F)F)CC(c1ccco1)N2. The summed E-state index contributed by atoms with van der Waals surface area (Å²) < 4.78 is 46.8. The summed E-state index contributed by atoms with van der Waals surface area (Å²) in [7, 11) is 0. The van der Waals surface area contributed by atoms with E-state index in [1.54, 1.807) is 12.1 Å². The van der Waals surface area contributed by atoms with Crippen LogP contribution in [-0.2, 0) is 0 Å². The molecule has 1 aliphatic heterocycles. The Hall–Kier alpha value is -3.43. The van der Waals surface area contributed by atoms with Crippen molar-refractivity contribution < 1.29 is 27.5 Å². The van der Waals surface area contributed by atoms with Gasteiger partial charge in [-0.3, -0.25) is 4.79 Å². The molecule has 2 aromatic heterocycles. The molecule has 3 N–H and O–H groups in total. The zero-order valence-electron chi connectivity index (χ0n) is 14.3. The molecule has 10 heteroatoms. The number of nitrogens with zero attached hydrogens (tertiary/aromatic N) is 2. The topological polar surface area (TPSA) is 92.3 Å². The zero-order chi connectivity index (χ0) is 19.9. The molecule has 3 heterocycles. The number of phenols is 1. The maximum absolute atomic E-state index is 13.6. The molecule has 1 aromatic carbocycles. The monoisotopic (exact) mass is 392 g/mol. The van der Waals surface area contributed by atoms with E-state index in [1.807, 2.05) is 0 Å². The molecule has 0 aliphatic carbocycles. The Labute approximate surface area is 156 Å². The predicted octanol–water partition coefficient (Wildman–Crippen LogP) is 4.09. The minimum atomic E-state index is -4.55. The van der Waals surface area contributed by atoms with Crippen molar-refractivity contribution in [2.24, 2.45) is 0 Å². The van der Waals surface area contributed by atoms with Crippen molar-refractivity contribution in [3.63, 3.8) is 0 Å². The minimum absolute atomic E-state index is 0.0537. The molecule has 2 atom stereocenters. The number of amides is 1. The van der Waals surface area contributed by atoms with Crippen LogP contribution < -0.4 is 10.6 Å². The third kappa shape index (κ3) is 3.40. The van der Waals surface area contributed by atoms with E-state index in [1.165, 1.54) is 36.6 Å². The van der Waals surface area contributed by atoms with E-state index < -0.39 is 24.2 Å². The van der Waals surface area contributed by atoms with E-state index in [9.17, 15) is 23.1 Å². The van der Waals surface area contributed by atoms with Gasteiger partial charge in [-0.25, -0.2) is 4.68 Å². The number of carbonyl (C=O) groups is 1. The van der Waals surface area contributed by atoms with Gasteiger partial charge in [0.2, 0.25) is 0 Å². The smallest absolute Gasteiger partial charge is 0.410 e. The highest BCUT2D eigenvalue weighted by Crippen LogP contribution is 2.43. The Kier molecular flexibility index (Phi) is 4.25. The number of alkyl halides is 3. The molecule has 2 unspecified atom stereocenters. The minimum Gasteiger partial charge on any atom is -0.508 e. The molecule has 3 aromatic rings. The van der Waals surface area contributed by atoms with Gasteiger partial charge in [-0.15, -0.1) is 0 Å². The van der Waals surface area contributed by atoms with Crippen molar-refractivity contribution in [1.82, 2.24) is 9.78 Å². The first-order valence-corrected chi connectivity index (χ1v) is 8.38. The number of carbonyl (C=O) groups excluding carboxylic acids is 1. The van der Waals surface area contributed by atoms with Crippen molar-refractivity contribution in [2.45, 2.75) is 24.7 Å². The number of aromatic hydroxyl groups is 1. The quantitative estimate of drug-likeness (QED) is 0.624. The van der Waals surface area contributed by atoms with Crippen LogP contribution in [0.15, 0.2) is 53.1 Å². The molecular formula is C18H15F3N4O3. The van der Waals surface area contributed by atoms with E-state index in [0.717, 1.165) is 4.68 Å². The van der Waals surface area contributed by atoms with E-state index in [2.05, 4.69) is 15.7 Å². The average molecular weight is 392 g/mol. The summed E-state index contributed by atoms with van der Waals surface area (Å²) in [5.74, 6) is -0.310. The lowest BCUT2D eigenvalue weighted by Gasteiger charge is -2.32. The highest BCUT2D eigenvalue weighted by atomic mass is 19.4. The van der Waals surface area contributed by atoms with Gasteiger partial charge < -0.3 is 20.2 Å². The summed E-state index contributed by atoms with van der Waals surface area (Å²) in [5.41, 5.74) is 0.116. The van der Waals surface area contributed by atoms with Crippen LogP contribution in [0.1, 0.15) is 34.8 Å². The second-order valence-corrected chi connectivity index (χ2v) is 6.37. The fourth-order valence-corrected chi connectivity index (χ4v) is 3.14. The molecular weight excluding hydrogens is 377 g/mol. The molecule has 0 saturated carbocycles. The van der Waals surface area contributed by atoms with Gasteiger partial charge in [-0.1, -0.05) is 6.07 Å². The summed E-state index contributed by atoms with van der Waals surface area (Å²) in [6, 6.07) is 7.65. The number of fused-ring (bicyclic) bond motifs is 1. The van der Waals surface area contributed by atoms with E-state index in [4.69, 9.17) is 4.42 Å². The van der Waals surface area contributed by atoms with Crippen LogP contribution >= 0.6 is 0 Å². The molecule has 146 valence electrons. The summed E-state index contributed by atoms with van der Waals surface area (Å²) >= 11 is 0. The van der Waals surface area contributed by atoms with Crippen molar-refractivity contribution in [3.05, 3.63) is 60.2 Å². The Morgan fingerprint density at radius 3 is 2.79 bits per heavy atom. The number of nitrogens with one attached hydrogen (secondary N) is 2. The third-order valence-corrected chi connectivity index (χ3v) is 4.41. The molecule has 1 amide bonds. The number of benzene rings is 1. The summed E-state index contributed by atoms with van der Waals surface area (Å²) in [6.07, 6.45) is -3.48. The molecule has 0 radical (unpaired) electrons. The fourth-order valence-electron chi connectivity index (χ4n) is 3.14. The number of furan rings is 1. The number of phenolic OH excluding ortho intramolecular Hbond substituents is 1. The maximum Gasteiger partial charge on any atom is 0.410 e. The molecule has 0 fully saturated rings. The summed E-state index contributed by atoms with van der Waals surface area (Å²) in [4.78, 5) is 12.4. The molecule has 0 saturated heterocycles. The van der Waals surface area contributed by atoms with Crippen molar-refractivity contribution in [3.8, 4) is 5.75 Å². The van der Waals surface area contributed by atoms with E-state index in [-0.39, 0.29) is 23.7 Å². The summed E-state index contributed by atoms with van der Waals surface area (Å²) in [5, 5.41) is 18.8. The number of rotatable bonds is 3. The van der Waals surface area contributed by atoms with Gasteiger partial charge in [0.05, 0.1) is 12.3 Å². The first-order valence-electron chi connectivity index (χ1n) is 8.38. The van der Waals surface area contributed by atoms with E-state index in [0.29, 0.717) is 11.4 Å². The lowest BCUT2D eigenvalue weighted by Crippen LogP contribution is -2.35. The summed E-state index contributed by atoms with van der Waals surface area (Å²) in [6.45, 7) is 0. The highest BCUT2D eigenvalue weighted by Gasteiger charge is 2.47. The van der Waals surface area contributed by atoms with Crippen LogP contribution in [0.2, 0.25) is 0 Å². The lowest BCUT2D eigenvalue weighted by molar-refractivity contribution is -0.174. The lowest BCUT2D eigenvalue weighted by atomic mass is 10.0. The fraction of sp³-hybridized carbons (Fsp3) is 0.222. The second-order valence-electron chi connectivity index (χ2n) is 6.37. The largest absolute Gasteiger partial charge is 0.508 e. The Bertz CT molecular complexity index is 998. The van der Waals surface area contributed by atoms with Gasteiger partial charge in [0, 0.05) is 24.2 Å². The van der Waals surface area contributed by atoms with E-state index >= 15 is 0 Å². The van der Waals surface area contributed by atoms with Crippen LogP contribution in [-0.4, -0.2) is 27.0 Å². The van der Waals surface area contributed by atoms with Crippen LogP contribution in [0.25, 0.3) is 0 Å².